The molecular formula is C15H23N3OS. The van der Waals surface area contributed by atoms with Gasteiger partial charge in [0.2, 0.25) is 5.91 Å². The van der Waals surface area contributed by atoms with E-state index >= 15 is 0 Å². The molecule has 0 saturated carbocycles. The summed E-state index contributed by atoms with van der Waals surface area (Å²) in [6, 6.07) is 7.93. The van der Waals surface area contributed by atoms with E-state index in [9.17, 15) is 4.79 Å². The summed E-state index contributed by atoms with van der Waals surface area (Å²) in [7, 11) is 0. The van der Waals surface area contributed by atoms with E-state index in [4.69, 9.17) is 5.73 Å². The number of anilines is 2. The number of nitrogen functional groups attached to an aromatic ring is 1. The quantitative estimate of drug-likeness (QED) is 0.819. The Morgan fingerprint density at radius 2 is 2.40 bits per heavy atom. The largest absolute Gasteiger partial charge is 0.399 e. The smallest absolute Gasteiger partial charge is 0.224 e. The Kier molecular flexibility index (Phi) is 5.73. The molecule has 1 atom stereocenters. The lowest BCUT2D eigenvalue weighted by atomic mass is 10.2. The monoisotopic (exact) mass is 293 g/mol. The molecule has 4 nitrogen and oxygen atoms in total. The van der Waals surface area contributed by atoms with Crippen molar-refractivity contribution in [2.75, 3.05) is 35.6 Å². The first-order chi connectivity index (χ1) is 9.65. The number of nitrogens with one attached hydrogen (secondary N) is 1. The summed E-state index contributed by atoms with van der Waals surface area (Å²) in [5.41, 5.74) is 7.13. The normalized spacial score (nSPS) is 19.8. The third-order valence-corrected chi connectivity index (χ3v) is 4.71. The highest BCUT2D eigenvalue weighted by Gasteiger charge is 2.18. The first kappa shape index (κ1) is 15.2. The van der Waals surface area contributed by atoms with Gasteiger partial charge in [-0.25, -0.2) is 0 Å². The van der Waals surface area contributed by atoms with Crippen molar-refractivity contribution in [1.29, 1.82) is 0 Å². The lowest BCUT2D eigenvalue weighted by Gasteiger charge is -2.32. The second-order valence-corrected chi connectivity index (χ2v) is 6.39. The van der Waals surface area contributed by atoms with Crippen LogP contribution in [0.2, 0.25) is 0 Å². The molecule has 1 unspecified atom stereocenters. The molecule has 20 heavy (non-hydrogen) atoms. The van der Waals surface area contributed by atoms with E-state index in [-0.39, 0.29) is 5.91 Å². The van der Waals surface area contributed by atoms with Gasteiger partial charge in [-0.15, -0.1) is 0 Å². The van der Waals surface area contributed by atoms with Gasteiger partial charge in [0.05, 0.1) is 0 Å². The van der Waals surface area contributed by atoms with Crippen molar-refractivity contribution in [3.8, 4) is 0 Å². The van der Waals surface area contributed by atoms with Gasteiger partial charge in [-0.1, -0.05) is 6.07 Å². The highest BCUT2D eigenvalue weighted by atomic mass is 32.2. The van der Waals surface area contributed by atoms with Crippen LogP contribution in [0.4, 0.5) is 11.4 Å². The summed E-state index contributed by atoms with van der Waals surface area (Å²) >= 11 is 2.02. The molecule has 1 aliphatic rings. The van der Waals surface area contributed by atoms with Gasteiger partial charge in [-0.05, 0) is 38.1 Å². The fourth-order valence-electron chi connectivity index (χ4n) is 2.38. The number of nitrogens with zero attached hydrogens (tertiary/aromatic N) is 1. The van der Waals surface area contributed by atoms with Crippen LogP contribution in [-0.2, 0) is 4.79 Å². The first-order valence-corrected chi connectivity index (χ1v) is 8.28. The van der Waals surface area contributed by atoms with Crippen LogP contribution < -0.4 is 11.1 Å². The topological polar surface area (TPSA) is 58.4 Å². The molecule has 0 spiro atoms. The number of thioether (sulfide) groups is 1. The van der Waals surface area contributed by atoms with Crippen LogP contribution >= 0.6 is 11.8 Å². The van der Waals surface area contributed by atoms with Crippen LogP contribution in [0, 0.1) is 0 Å². The van der Waals surface area contributed by atoms with Crippen molar-refractivity contribution in [3.63, 3.8) is 0 Å². The molecule has 0 aromatic heterocycles. The standard InChI is InChI=1S/C15H23N3OS/c1-12-11-20-9-8-18(12)7-3-6-15(19)17-14-5-2-4-13(16)10-14/h2,4-5,10,12H,3,6-9,11,16H2,1H3,(H,17,19). The van der Waals surface area contributed by atoms with E-state index in [1.165, 1.54) is 11.5 Å². The molecule has 5 heteroatoms. The van der Waals surface area contributed by atoms with E-state index in [1.807, 2.05) is 30.0 Å². The summed E-state index contributed by atoms with van der Waals surface area (Å²) in [5.74, 6) is 2.48. The van der Waals surface area contributed by atoms with Gasteiger partial charge in [-0.3, -0.25) is 9.69 Å². The molecule has 110 valence electrons. The third-order valence-electron chi connectivity index (χ3n) is 3.52. The van der Waals surface area contributed by atoms with Gasteiger partial charge in [0.25, 0.3) is 0 Å². The molecule has 0 aliphatic carbocycles. The second-order valence-electron chi connectivity index (χ2n) is 5.24. The number of carbonyl (C=O) groups excluding carboxylic acids is 1. The number of carbonyl (C=O) groups is 1. The average Bonchev–Trinajstić information content (AvgIpc) is 2.41. The van der Waals surface area contributed by atoms with Gasteiger partial charge in [0.15, 0.2) is 0 Å². The van der Waals surface area contributed by atoms with Gasteiger partial charge in [-0.2, -0.15) is 11.8 Å². The van der Waals surface area contributed by atoms with Crippen molar-refractivity contribution in [1.82, 2.24) is 4.90 Å². The zero-order valence-corrected chi connectivity index (χ0v) is 12.8. The Bertz CT molecular complexity index is 452. The number of amides is 1. The van der Waals surface area contributed by atoms with Crippen molar-refractivity contribution < 1.29 is 4.79 Å². The third kappa shape index (κ3) is 4.72. The predicted octanol–water partition coefficient (Wildman–Crippen LogP) is 2.42. The van der Waals surface area contributed by atoms with Crippen LogP contribution in [0.1, 0.15) is 19.8 Å². The van der Waals surface area contributed by atoms with Crippen molar-refractivity contribution >= 4 is 29.0 Å². The Labute approximate surface area is 125 Å². The molecular weight excluding hydrogens is 270 g/mol. The highest BCUT2D eigenvalue weighted by Crippen LogP contribution is 2.16. The number of rotatable bonds is 5. The maximum Gasteiger partial charge on any atom is 0.224 e. The first-order valence-electron chi connectivity index (χ1n) is 7.12. The van der Waals surface area contributed by atoms with E-state index in [0.717, 1.165) is 25.2 Å². The molecule has 0 bridgehead atoms. The minimum absolute atomic E-state index is 0.0645. The van der Waals surface area contributed by atoms with Crippen molar-refractivity contribution in [2.45, 2.75) is 25.8 Å². The van der Waals surface area contributed by atoms with E-state index in [0.29, 0.717) is 18.2 Å². The van der Waals surface area contributed by atoms with E-state index < -0.39 is 0 Å². The maximum absolute atomic E-state index is 11.9. The molecule has 1 fully saturated rings. The number of hydrogen-bond acceptors (Lipinski definition) is 4. The zero-order valence-electron chi connectivity index (χ0n) is 12.0. The number of hydrogen-bond donors (Lipinski definition) is 2. The van der Waals surface area contributed by atoms with Crippen LogP contribution in [0.5, 0.6) is 0 Å². The SMILES string of the molecule is CC1CSCCN1CCCC(=O)Nc1cccc(N)c1. The molecule has 1 aromatic rings. The van der Waals surface area contributed by atoms with E-state index in [1.54, 1.807) is 6.07 Å². The van der Waals surface area contributed by atoms with Crippen LogP contribution in [0.15, 0.2) is 24.3 Å². The maximum atomic E-state index is 11.9. The Morgan fingerprint density at radius 3 is 3.15 bits per heavy atom. The van der Waals surface area contributed by atoms with Crippen LogP contribution in [-0.4, -0.2) is 41.4 Å². The molecule has 1 aromatic carbocycles. The predicted molar refractivity (Wildman–Crippen MR) is 87.1 cm³/mol. The van der Waals surface area contributed by atoms with Crippen molar-refractivity contribution in [3.05, 3.63) is 24.3 Å². The Hall–Kier alpha value is -1.20. The average molecular weight is 293 g/mol. The second kappa shape index (κ2) is 7.55. The molecule has 1 aliphatic heterocycles. The summed E-state index contributed by atoms with van der Waals surface area (Å²) in [4.78, 5) is 14.3. The fraction of sp³-hybridized carbons (Fsp3) is 0.533. The fourth-order valence-corrected chi connectivity index (χ4v) is 3.46. The minimum atomic E-state index is 0.0645. The lowest BCUT2D eigenvalue weighted by molar-refractivity contribution is -0.116. The molecule has 0 radical (unpaired) electrons. The zero-order chi connectivity index (χ0) is 14.4. The van der Waals surface area contributed by atoms with Gasteiger partial charge < -0.3 is 11.1 Å². The number of benzene rings is 1. The highest BCUT2D eigenvalue weighted by molar-refractivity contribution is 7.99. The molecule has 3 N–H and O–H groups in total. The summed E-state index contributed by atoms with van der Waals surface area (Å²) in [6.07, 6.45) is 1.47. The summed E-state index contributed by atoms with van der Waals surface area (Å²) < 4.78 is 0. The minimum Gasteiger partial charge on any atom is -0.399 e. The summed E-state index contributed by atoms with van der Waals surface area (Å²) in [5, 5.41) is 2.89. The number of nitrogens with two attached hydrogens (primary N) is 1. The molecule has 1 amide bonds. The Balaban J connectivity index is 1.70. The summed E-state index contributed by atoms with van der Waals surface area (Å²) in [6.45, 7) is 4.41. The van der Waals surface area contributed by atoms with E-state index in [2.05, 4.69) is 17.1 Å². The lowest BCUT2D eigenvalue weighted by Crippen LogP contribution is -2.41. The van der Waals surface area contributed by atoms with Crippen LogP contribution in [0.3, 0.4) is 0 Å². The molecule has 1 heterocycles. The molecule has 2 rings (SSSR count). The van der Waals surface area contributed by atoms with Gasteiger partial charge in [0.1, 0.15) is 0 Å². The van der Waals surface area contributed by atoms with Crippen LogP contribution in [0.25, 0.3) is 0 Å². The Morgan fingerprint density at radius 1 is 1.55 bits per heavy atom. The van der Waals surface area contributed by atoms with Gasteiger partial charge >= 0.3 is 0 Å². The van der Waals surface area contributed by atoms with Crippen molar-refractivity contribution in [2.24, 2.45) is 0 Å². The van der Waals surface area contributed by atoms with Gasteiger partial charge in [0, 0.05) is 41.9 Å². The molecule has 1 saturated heterocycles.